The molecule has 26 heavy (non-hydrogen) atoms. The Morgan fingerprint density at radius 3 is 2.77 bits per heavy atom. The number of amides is 2. The number of aryl methyl sites for hydroxylation is 1. The van der Waals surface area contributed by atoms with Crippen molar-refractivity contribution in [2.75, 3.05) is 19.8 Å². The molecular weight excluding hydrogens is 335 g/mol. The maximum Gasteiger partial charge on any atom is 0.271 e. The number of rotatable bonds is 6. The van der Waals surface area contributed by atoms with E-state index < -0.39 is 6.67 Å². The van der Waals surface area contributed by atoms with Crippen LogP contribution in [0.5, 0.6) is 0 Å². The molecule has 0 radical (unpaired) electrons. The van der Waals surface area contributed by atoms with Crippen molar-refractivity contribution in [3.05, 3.63) is 53.6 Å². The summed E-state index contributed by atoms with van der Waals surface area (Å²) in [5, 5.41) is 2.90. The van der Waals surface area contributed by atoms with Crippen molar-refractivity contribution in [3.8, 4) is 0 Å². The number of nitrogens with one attached hydrogen (secondary N) is 1. The molecule has 0 saturated heterocycles. The topological polar surface area (TPSA) is 67.2 Å². The highest BCUT2D eigenvalue weighted by Gasteiger charge is 2.24. The normalized spacial score (nSPS) is 13.8. The van der Waals surface area contributed by atoms with Gasteiger partial charge in [0.1, 0.15) is 0 Å². The predicted octanol–water partition coefficient (Wildman–Crippen LogP) is 1.95. The van der Waals surface area contributed by atoms with E-state index in [-0.39, 0.29) is 18.2 Å². The van der Waals surface area contributed by atoms with Gasteiger partial charge in [0, 0.05) is 19.6 Å². The van der Waals surface area contributed by atoms with Gasteiger partial charge in [0.15, 0.2) is 5.69 Å². The minimum absolute atomic E-state index is 0.118. The van der Waals surface area contributed by atoms with Gasteiger partial charge in [-0.15, -0.1) is 0 Å². The molecule has 1 aliphatic rings. The number of fused-ring (bicyclic) bond motifs is 1. The summed E-state index contributed by atoms with van der Waals surface area (Å²) in [6.45, 7) is 1.40. The lowest BCUT2D eigenvalue weighted by atomic mass is 10.1. The van der Waals surface area contributed by atoms with Crippen LogP contribution in [0, 0.1) is 0 Å². The lowest BCUT2D eigenvalue weighted by Crippen LogP contribution is -2.32. The van der Waals surface area contributed by atoms with E-state index in [2.05, 4.69) is 10.3 Å². The van der Waals surface area contributed by atoms with Gasteiger partial charge in [-0.3, -0.25) is 14.0 Å². The van der Waals surface area contributed by atoms with Crippen LogP contribution in [0.15, 0.2) is 36.7 Å². The summed E-state index contributed by atoms with van der Waals surface area (Å²) < 4.78 is 14.4. The first-order chi connectivity index (χ1) is 12.7. The van der Waals surface area contributed by atoms with E-state index in [1.807, 2.05) is 34.9 Å². The van der Waals surface area contributed by atoms with E-state index in [4.69, 9.17) is 0 Å². The summed E-state index contributed by atoms with van der Waals surface area (Å²) in [5.74, 6) is -0.466. The number of aromatic nitrogens is 2. The van der Waals surface area contributed by atoms with Crippen molar-refractivity contribution in [1.29, 1.82) is 0 Å². The molecule has 2 amide bonds. The van der Waals surface area contributed by atoms with Gasteiger partial charge in [0.2, 0.25) is 5.91 Å². The van der Waals surface area contributed by atoms with Crippen LogP contribution in [0.4, 0.5) is 4.39 Å². The zero-order chi connectivity index (χ0) is 18.4. The van der Waals surface area contributed by atoms with E-state index >= 15 is 0 Å². The average Bonchev–Trinajstić information content (AvgIpc) is 2.92. The van der Waals surface area contributed by atoms with Crippen molar-refractivity contribution in [1.82, 2.24) is 19.8 Å². The first-order valence-electron chi connectivity index (χ1n) is 8.89. The van der Waals surface area contributed by atoms with E-state index in [0.29, 0.717) is 37.6 Å². The Morgan fingerprint density at radius 2 is 2.00 bits per heavy atom. The molecule has 1 aromatic carbocycles. The molecule has 0 atom stereocenters. The van der Waals surface area contributed by atoms with Crippen molar-refractivity contribution < 1.29 is 14.0 Å². The van der Waals surface area contributed by atoms with Crippen LogP contribution >= 0.6 is 0 Å². The van der Waals surface area contributed by atoms with Crippen LogP contribution in [-0.4, -0.2) is 46.0 Å². The maximum atomic E-state index is 12.5. The van der Waals surface area contributed by atoms with Gasteiger partial charge >= 0.3 is 0 Å². The Kier molecular flexibility index (Phi) is 5.99. The molecule has 0 spiro atoms. The number of carbonyl (C=O) groups excluding carboxylic acids is 2. The summed E-state index contributed by atoms with van der Waals surface area (Å²) in [6, 6.07) is 9.93. The number of alkyl halides is 1. The summed E-state index contributed by atoms with van der Waals surface area (Å²) in [4.78, 5) is 30.4. The highest BCUT2D eigenvalue weighted by atomic mass is 19.1. The third-order valence-electron chi connectivity index (χ3n) is 4.53. The van der Waals surface area contributed by atoms with E-state index in [0.717, 1.165) is 18.4 Å². The molecule has 2 heterocycles. The summed E-state index contributed by atoms with van der Waals surface area (Å²) in [6.07, 6.45) is 3.03. The van der Waals surface area contributed by atoms with Crippen molar-refractivity contribution in [3.63, 3.8) is 0 Å². The fourth-order valence-corrected chi connectivity index (χ4v) is 3.15. The van der Waals surface area contributed by atoms with Crippen molar-refractivity contribution in [2.45, 2.75) is 32.4 Å². The Hall–Kier alpha value is -2.70. The van der Waals surface area contributed by atoms with Gasteiger partial charge in [-0.2, -0.15) is 0 Å². The number of halogens is 1. The van der Waals surface area contributed by atoms with Crippen LogP contribution in [0.25, 0.3) is 0 Å². The Labute approximate surface area is 152 Å². The van der Waals surface area contributed by atoms with Gasteiger partial charge in [0.25, 0.3) is 5.91 Å². The molecular formula is C19H23FN4O2. The van der Waals surface area contributed by atoms with Gasteiger partial charge in [-0.05, 0) is 18.4 Å². The number of hydrogen-bond acceptors (Lipinski definition) is 3. The first kappa shape index (κ1) is 18.1. The molecule has 3 rings (SSSR count). The van der Waals surface area contributed by atoms with Crippen LogP contribution in [0.1, 0.15) is 34.6 Å². The highest BCUT2D eigenvalue weighted by molar-refractivity contribution is 5.93. The first-order valence-corrected chi connectivity index (χ1v) is 8.89. The Morgan fingerprint density at radius 1 is 1.19 bits per heavy atom. The molecule has 0 unspecified atom stereocenters. The molecule has 1 aromatic heterocycles. The van der Waals surface area contributed by atoms with Crippen LogP contribution in [0.2, 0.25) is 0 Å². The van der Waals surface area contributed by atoms with E-state index in [1.54, 1.807) is 11.2 Å². The average molecular weight is 358 g/mol. The standard InChI is InChI=1S/C19H23FN4O2/c20-9-7-17(25)23-11-4-12-24-14-22-18(16(24)13-23)19(26)21-10-8-15-5-2-1-3-6-15/h1-3,5-6,14H,4,7-13H2,(H,21,26). The number of carbonyl (C=O) groups is 2. The maximum absolute atomic E-state index is 12.5. The molecule has 7 heteroatoms. The summed E-state index contributed by atoms with van der Waals surface area (Å²) >= 11 is 0. The third kappa shape index (κ3) is 4.28. The molecule has 0 aliphatic carbocycles. The van der Waals surface area contributed by atoms with E-state index in [1.165, 1.54) is 0 Å². The minimum Gasteiger partial charge on any atom is -0.350 e. The summed E-state index contributed by atoms with van der Waals surface area (Å²) in [5.41, 5.74) is 2.21. The number of benzene rings is 1. The zero-order valence-corrected chi connectivity index (χ0v) is 14.7. The van der Waals surface area contributed by atoms with Gasteiger partial charge < -0.3 is 14.8 Å². The van der Waals surface area contributed by atoms with Gasteiger partial charge in [-0.1, -0.05) is 30.3 Å². The third-order valence-corrected chi connectivity index (χ3v) is 4.53. The molecule has 138 valence electrons. The molecule has 1 aliphatic heterocycles. The van der Waals surface area contributed by atoms with Gasteiger partial charge in [-0.25, -0.2) is 4.98 Å². The Bertz CT molecular complexity index is 760. The molecule has 0 fully saturated rings. The lowest BCUT2D eigenvalue weighted by Gasteiger charge is -2.20. The van der Waals surface area contributed by atoms with Crippen molar-refractivity contribution >= 4 is 11.8 Å². The fraction of sp³-hybridized carbons (Fsp3) is 0.421. The number of hydrogen-bond donors (Lipinski definition) is 1. The summed E-state index contributed by atoms with van der Waals surface area (Å²) in [7, 11) is 0. The molecule has 0 saturated carbocycles. The smallest absolute Gasteiger partial charge is 0.271 e. The van der Waals surface area contributed by atoms with Crippen LogP contribution in [0.3, 0.4) is 0 Å². The van der Waals surface area contributed by atoms with Gasteiger partial charge in [0.05, 0.1) is 31.7 Å². The second-order valence-electron chi connectivity index (χ2n) is 6.33. The SMILES string of the molecule is O=C(NCCc1ccccc1)c1ncn2c1CN(C(=O)CCF)CCC2. The highest BCUT2D eigenvalue weighted by Crippen LogP contribution is 2.17. The largest absolute Gasteiger partial charge is 0.350 e. The number of nitrogens with zero attached hydrogens (tertiary/aromatic N) is 3. The monoisotopic (exact) mass is 358 g/mol. The zero-order valence-electron chi connectivity index (χ0n) is 14.7. The number of imidazole rings is 1. The van der Waals surface area contributed by atoms with Crippen LogP contribution < -0.4 is 5.32 Å². The van der Waals surface area contributed by atoms with Crippen molar-refractivity contribution in [2.24, 2.45) is 0 Å². The fourth-order valence-electron chi connectivity index (χ4n) is 3.15. The molecule has 0 bridgehead atoms. The predicted molar refractivity (Wildman–Crippen MR) is 95.3 cm³/mol. The minimum atomic E-state index is -0.665. The molecule has 2 aromatic rings. The Balaban J connectivity index is 1.65. The second-order valence-corrected chi connectivity index (χ2v) is 6.33. The van der Waals surface area contributed by atoms with E-state index in [9.17, 15) is 14.0 Å². The molecule has 1 N–H and O–H groups in total. The molecule has 6 nitrogen and oxygen atoms in total. The quantitative estimate of drug-likeness (QED) is 0.858. The second kappa shape index (κ2) is 8.60. The lowest BCUT2D eigenvalue weighted by molar-refractivity contribution is -0.132. The van der Waals surface area contributed by atoms with Crippen LogP contribution in [-0.2, 0) is 24.3 Å².